The van der Waals surface area contributed by atoms with Gasteiger partial charge in [0.15, 0.2) is 0 Å². The third-order valence-electron chi connectivity index (χ3n) is 5.83. The highest BCUT2D eigenvalue weighted by Crippen LogP contribution is 2.33. The smallest absolute Gasteiger partial charge is 0.119 e. The van der Waals surface area contributed by atoms with Crippen LogP contribution in [0.15, 0.2) is 48.5 Å². The minimum absolute atomic E-state index is 0.108. The lowest BCUT2D eigenvalue weighted by molar-refractivity contribution is 0.0882. The Kier molecular flexibility index (Phi) is 8.90. The normalized spacial score (nSPS) is 13.5. The third kappa shape index (κ3) is 6.48. The van der Waals surface area contributed by atoms with Crippen molar-refractivity contribution in [2.75, 3.05) is 19.1 Å². The molecule has 0 aliphatic heterocycles. The number of aromatic nitrogens is 3. The second-order valence-electron chi connectivity index (χ2n) is 8.72. The van der Waals surface area contributed by atoms with Gasteiger partial charge in [0.1, 0.15) is 42.6 Å². The maximum Gasteiger partial charge on any atom is 0.119 e. The van der Waals surface area contributed by atoms with Crippen LogP contribution in [0.25, 0.3) is 0 Å². The monoisotopic (exact) mass is 489 g/mol. The summed E-state index contributed by atoms with van der Waals surface area (Å²) >= 11 is 5.60. The highest BCUT2D eigenvalue weighted by Gasteiger charge is 2.23. The summed E-state index contributed by atoms with van der Waals surface area (Å²) in [6, 6.07) is 15.6. The molecule has 3 rings (SSSR count). The summed E-state index contributed by atoms with van der Waals surface area (Å²) in [4.78, 5) is 0. The molecule has 2 atom stereocenters. The Balaban J connectivity index is 1.56. The van der Waals surface area contributed by atoms with Gasteiger partial charge < -0.3 is 24.8 Å². The molecule has 0 saturated heterocycles. The lowest BCUT2D eigenvalue weighted by Crippen LogP contribution is -2.25. The molecule has 0 unspecified atom stereocenters. The zero-order valence-electron chi connectivity index (χ0n) is 19.7. The molecule has 1 heterocycles. The summed E-state index contributed by atoms with van der Waals surface area (Å²) in [7, 11) is 0. The van der Waals surface area contributed by atoms with Gasteiger partial charge in [-0.3, -0.25) is 0 Å². The average Bonchev–Trinajstić information content (AvgIpc) is 3.20. The summed E-state index contributed by atoms with van der Waals surface area (Å²) in [5.41, 5.74) is 3.20. The Labute approximate surface area is 204 Å². The lowest BCUT2D eigenvalue weighted by Gasteiger charge is -2.26. The van der Waals surface area contributed by atoms with Gasteiger partial charge in [0.05, 0.1) is 24.7 Å². The number of rotatable bonds is 12. The number of benzene rings is 2. The Bertz CT molecular complexity index is 1040. The average molecular weight is 490 g/mol. The van der Waals surface area contributed by atoms with E-state index in [1.165, 1.54) is 0 Å². The summed E-state index contributed by atoms with van der Waals surface area (Å²) < 4.78 is 12.9. The predicted molar refractivity (Wildman–Crippen MR) is 129 cm³/mol. The molecule has 0 aliphatic rings. The van der Waals surface area contributed by atoms with Crippen LogP contribution in [-0.2, 0) is 18.6 Å². The highest BCUT2D eigenvalue weighted by molar-refractivity contribution is 6.18. The van der Waals surface area contributed by atoms with Crippen molar-refractivity contribution in [3.05, 3.63) is 71.0 Å². The molecule has 3 aromatic rings. The molecule has 3 N–H and O–H groups in total. The maximum atomic E-state index is 10.3. The molecule has 34 heavy (non-hydrogen) atoms. The molecule has 0 amide bonds. The van der Waals surface area contributed by atoms with Crippen LogP contribution in [0.5, 0.6) is 11.5 Å². The molecular formula is C25H32ClN3O5. The van der Waals surface area contributed by atoms with Crippen molar-refractivity contribution in [2.45, 2.75) is 51.5 Å². The number of aliphatic hydroxyl groups is 3. The molecule has 1 aromatic heterocycles. The Morgan fingerprint density at radius 2 is 1.41 bits per heavy atom. The van der Waals surface area contributed by atoms with Crippen LogP contribution < -0.4 is 9.47 Å². The minimum atomic E-state index is -0.769. The highest BCUT2D eigenvalue weighted by atomic mass is 35.5. The maximum absolute atomic E-state index is 10.3. The fourth-order valence-electron chi connectivity index (χ4n) is 3.50. The number of nitrogens with zero attached hydrogens (tertiary/aromatic N) is 3. The third-order valence-corrected chi connectivity index (χ3v) is 6.18. The van der Waals surface area contributed by atoms with Crippen LogP contribution in [0.2, 0.25) is 0 Å². The zero-order valence-corrected chi connectivity index (χ0v) is 20.4. The Hall–Kier alpha value is -2.65. The summed E-state index contributed by atoms with van der Waals surface area (Å²) in [5, 5.41) is 36.9. The molecule has 0 spiro atoms. The number of ether oxygens (including phenoxy) is 2. The number of halogens is 1. The quantitative estimate of drug-likeness (QED) is 0.335. The van der Waals surface area contributed by atoms with Crippen LogP contribution in [0.4, 0.5) is 0 Å². The van der Waals surface area contributed by atoms with E-state index in [-0.39, 0.29) is 37.7 Å². The summed E-state index contributed by atoms with van der Waals surface area (Å²) in [5.74, 6) is 1.47. The molecule has 184 valence electrons. The van der Waals surface area contributed by atoms with Crippen LogP contribution in [0, 0.1) is 6.92 Å². The van der Waals surface area contributed by atoms with Crippen LogP contribution in [0.1, 0.15) is 36.4 Å². The lowest BCUT2D eigenvalue weighted by atomic mass is 9.78. The van der Waals surface area contributed by atoms with Crippen molar-refractivity contribution in [2.24, 2.45) is 0 Å². The van der Waals surface area contributed by atoms with E-state index in [1.54, 1.807) is 11.6 Å². The first-order valence-electron chi connectivity index (χ1n) is 11.1. The molecule has 0 bridgehead atoms. The van der Waals surface area contributed by atoms with Crippen molar-refractivity contribution < 1.29 is 24.8 Å². The van der Waals surface area contributed by atoms with E-state index in [4.69, 9.17) is 21.1 Å². The van der Waals surface area contributed by atoms with Gasteiger partial charge in [0, 0.05) is 5.41 Å². The van der Waals surface area contributed by atoms with E-state index in [9.17, 15) is 15.3 Å². The number of hydrogen-bond donors (Lipinski definition) is 3. The first-order valence-corrected chi connectivity index (χ1v) is 11.7. The largest absolute Gasteiger partial charge is 0.491 e. The van der Waals surface area contributed by atoms with Crippen molar-refractivity contribution in [1.29, 1.82) is 0 Å². The number of aliphatic hydroxyl groups excluding tert-OH is 3. The first-order chi connectivity index (χ1) is 16.2. The fraction of sp³-hybridized carbons (Fsp3) is 0.440. The summed E-state index contributed by atoms with van der Waals surface area (Å²) in [6.45, 7) is 6.39. The topological polar surface area (TPSA) is 110 Å². The van der Waals surface area contributed by atoms with Crippen molar-refractivity contribution >= 4 is 11.6 Å². The zero-order chi connectivity index (χ0) is 24.7. The molecule has 2 aromatic carbocycles. The van der Waals surface area contributed by atoms with E-state index in [0.717, 1.165) is 16.8 Å². The number of alkyl halides is 1. The summed E-state index contributed by atoms with van der Waals surface area (Å²) in [6.07, 6.45) is -1.46. The van der Waals surface area contributed by atoms with Gasteiger partial charge in [0.25, 0.3) is 0 Å². The van der Waals surface area contributed by atoms with E-state index in [2.05, 4.69) is 24.2 Å². The van der Waals surface area contributed by atoms with Gasteiger partial charge in [-0.1, -0.05) is 43.3 Å². The molecule has 0 aliphatic carbocycles. The molecule has 0 fully saturated rings. The van der Waals surface area contributed by atoms with Gasteiger partial charge in [-0.05, 0) is 42.3 Å². The standard InChI is InChI=1S/C25H32ClN3O5/c1-17-24(14-30)27-28-29(17)13-21(32)16-34-23-10-6-19(7-11-23)25(2,3)18-4-8-22(9-5-18)33-15-20(31)12-26/h4-11,20-21,30-32H,12-16H2,1-3H3/t20-,21+/m1/s1. The second-order valence-corrected chi connectivity index (χ2v) is 9.03. The van der Waals surface area contributed by atoms with Crippen LogP contribution in [-0.4, -0.2) is 61.6 Å². The first kappa shape index (κ1) is 26.0. The van der Waals surface area contributed by atoms with Gasteiger partial charge in [-0.25, -0.2) is 4.68 Å². The van der Waals surface area contributed by atoms with Gasteiger partial charge in [-0.2, -0.15) is 0 Å². The van der Waals surface area contributed by atoms with Crippen molar-refractivity contribution in [3.8, 4) is 11.5 Å². The predicted octanol–water partition coefficient (Wildman–Crippen LogP) is 2.82. The van der Waals surface area contributed by atoms with Crippen molar-refractivity contribution in [3.63, 3.8) is 0 Å². The van der Waals surface area contributed by atoms with Gasteiger partial charge in [0.2, 0.25) is 0 Å². The molecule has 8 nitrogen and oxygen atoms in total. The van der Waals surface area contributed by atoms with Crippen LogP contribution >= 0.6 is 11.6 Å². The minimum Gasteiger partial charge on any atom is -0.491 e. The Morgan fingerprint density at radius 3 is 1.85 bits per heavy atom. The van der Waals surface area contributed by atoms with Gasteiger partial charge >= 0.3 is 0 Å². The molecule has 0 saturated carbocycles. The Morgan fingerprint density at radius 1 is 0.912 bits per heavy atom. The number of hydrogen-bond acceptors (Lipinski definition) is 7. The molecule has 0 radical (unpaired) electrons. The van der Waals surface area contributed by atoms with E-state index >= 15 is 0 Å². The van der Waals surface area contributed by atoms with Crippen molar-refractivity contribution in [1.82, 2.24) is 15.0 Å². The fourth-order valence-corrected chi connectivity index (χ4v) is 3.59. The SMILES string of the molecule is Cc1c(CO)nnn1C[C@H](O)COc1ccc(C(C)(C)c2ccc(OC[C@H](O)CCl)cc2)cc1. The second kappa shape index (κ2) is 11.7. The van der Waals surface area contributed by atoms with E-state index < -0.39 is 12.2 Å². The van der Waals surface area contributed by atoms with E-state index in [0.29, 0.717) is 17.2 Å². The van der Waals surface area contributed by atoms with Gasteiger partial charge in [-0.15, -0.1) is 16.7 Å². The molecule has 9 heteroatoms. The van der Waals surface area contributed by atoms with E-state index in [1.807, 2.05) is 48.5 Å². The van der Waals surface area contributed by atoms with Crippen LogP contribution in [0.3, 0.4) is 0 Å². The molecular weight excluding hydrogens is 458 g/mol.